The highest BCUT2D eigenvalue weighted by Crippen LogP contribution is 2.30. The molecule has 10 heteroatoms. The number of nitrogens with one attached hydrogen (secondary N) is 2. The number of alkyl halides is 3. The van der Waals surface area contributed by atoms with E-state index in [1.165, 1.54) is 5.69 Å². The highest BCUT2D eigenvalue weighted by Gasteiger charge is 2.33. The van der Waals surface area contributed by atoms with Crippen molar-refractivity contribution in [2.45, 2.75) is 19.0 Å². The fourth-order valence-electron chi connectivity index (χ4n) is 3.18. The zero-order valence-corrected chi connectivity index (χ0v) is 19.2. The van der Waals surface area contributed by atoms with Crippen molar-refractivity contribution in [3.05, 3.63) is 46.4 Å². The van der Waals surface area contributed by atoms with E-state index in [4.69, 9.17) is 0 Å². The third-order valence-corrected chi connectivity index (χ3v) is 5.57. The zero-order chi connectivity index (χ0) is 20.0. The zero-order valence-electron chi connectivity index (χ0n) is 16.1. The van der Waals surface area contributed by atoms with Gasteiger partial charge >= 0.3 is 6.18 Å². The monoisotopic (exact) mass is 539 g/mol. The van der Waals surface area contributed by atoms with Crippen molar-refractivity contribution in [3.8, 4) is 0 Å². The van der Waals surface area contributed by atoms with E-state index in [-0.39, 0.29) is 24.0 Å². The molecule has 0 radical (unpaired) electrons. The van der Waals surface area contributed by atoms with Crippen LogP contribution in [0.3, 0.4) is 0 Å². The number of rotatable bonds is 6. The van der Waals surface area contributed by atoms with Gasteiger partial charge in [-0.05, 0) is 24.5 Å². The molecular formula is C19H25F3IN5S. The van der Waals surface area contributed by atoms with E-state index in [2.05, 4.69) is 37.6 Å². The van der Waals surface area contributed by atoms with Crippen LogP contribution in [0.25, 0.3) is 0 Å². The third-order valence-electron chi connectivity index (χ3n) is 4.66. The number of hydrogen-bond donors (Lipinski definition) is 2. The molecule has 1 aromatic carbocycles. The minimum Gasteiger partial charge on any atom is -0.371 e. The molecule has 0 aliphatic carbocycles. The van der Waals surface area contributed by atoms with Gasteiger partial charge in [0, 0.05) is 50.7 Å². The van der Waals surface area contributed by atoms with Crippen molar-refractivity contribution in [2.24, 2.45) is 10.9 Å². The van der Waals surface area contributed by atoms with E-state index < -0.39 is 11.9 Å². The first-order valence-electron chi connectivity index (χ1n) is 9.22. The number of aromatic nitrogens is 1. The average molecular weight is 539 g/mol. The van der Waals surface area contributed by atoms with Gasteiger partial charge in [0.05, 0.1) is 5.01 Å². The second kappa shape index (κ2) is 11.0. The Balaban J connectivity index is 0.00000300. The Hall–Kier alpha value is -1.56. The Morgan fingerprint density at radius 2 is 2.03 bits per heavy atom. The topological polar surface area (TPSA) is 52.6 Å². The molecule has 0 saturated carbocycles. The molecule has 1 saturated heterocycles. The maximum Gasteiger partial charge on any atom is 0.434 e. The van der Waals surface area contributed by atoms with Gasteiger partial charge in [-0.2, -0.15) is 13.2 Å². The second-order valence-electron chi connectivity index (χ2n) is 6.69. The number of aliphatic imine (C=N–C) groups is 1. The van der Waals surface area contributed by atoms with Crippen LogP contribution < -0.4 is 15.5 Å². The van der Waals surface area contributed by atoms with Crippen molar-refractivity contribution in [1.82, 2.24) is 15.6 Å². The molecule has 2 aromatic rings. The largest absolute Gasteiger partial charge is 0.434 e. The molecule has 1 fully saturated rings. The van der Waals surface area contributed by atoms with Crippen molar-refractivity contribution in [3.63, 3.8) is 0 Å². The highest BCUT2D eigenvalue weighted by molar-refractivity contribution is 14.0. The molecule has 5 nitrogen and oxygen atoms in total. The molecule has 2 heterocycles. The lowest BCUT2D eigenvalue weighted by Gasteiger charge is -2.19. The van der Waals surface area contributed by atoms with E-state index in [1.54, 1.807) is 7.05 Å². The van der Waals surface area contributed by atoms with Gasteiger partial charge in [-0.3, -0.25) is 4.99 Å². The molecule has 0 bridgehead atoms. The van der Waals surface area contributed by atoms with Gasteiger partial charge in [0.2, 0.25) is 0 Å². The van der Waals surface area contributed by atoms with Crippen LogP contribution in [0.2, 0.25) is 0 Å². The summed E-state index contributed by atoms with van der Waals surface area (Å²) in [5, 5.41) is 7.98. The van der Waals surface area contributed by atoms with Gasteiger partial charge in [0.1, 0.15) is 0 Å². The van der Waals surface area contributed by atoms with Gasteiger partial charge in [-0.1, -0.05) is 18.2 Å². The molecule has 1 unspecified atom stereocenters. The highest BCUT2D eigenvalue weighted by atomic mass is 127. The fourth-order valence-corrected chi connectivity index (χ4v) is 3.98. The predicted octanol–water partition coefficient (Wildman–Crippen LogP) is 4.01. The Morgan fingerprint density at radius 1 is 1.28 bits per heavy atom. The van der Waals surface area contributed by atoms with Crippen molar-refractivity contribution < 1.29 is 13.2 Å². The molecule has 29 heavy (non-hydrogen) atoms. The van der Waals surface area contributed by atoms with Crippen molar-refractivity contribution in [2.75, 3.05) is 38.1 Å². The molecule has 160 valence electrons. The normalized spacial score (nSPS) is 17.2. The summed E-state index contributed by atoms with van der Waals surface area (Å²) < 4.78 is 37.8. The van der Waals surface area contributed by atoms with E-state index >= 15 is 0 Å². The minimum atomic E-state index is -4.38. The Kier molecular flexibility index (Phi) is 9.00. The summed E-state index contributed by atoms with van der Waals surface area (Å²) in [6, 6.07) is 10.4. The van der Waals surface area contributed by atoms with E-state index in [1.807, 2.05) is 18.2 Å². The van der Waals surface area contributed by atoms with E-state index in [0.29, 0.717) is 29.9 Å². The summed E-state index contributed by atoms with van der Waals surface area (Å²) in [6.07, 6.45) is -2.85. The summed E-state index contributed by atoms with van der Waals surface area (Å²) in [5.74, 6) is 1.18. The third kappa shape index (κ3) is 7.02. The molecule has 0 spiro atoms. The summed E-state index contributed by atoms with van der Waals surface area (Å²) in [6.45, 7) is 3.31. The maximum atomic E-state index is 12.6. The standard InChI is InChI=1S/C19H24F3N5S.HI/c1-23-18(24-9-7-17-26-16(13-28-17)19(20,21)22)25-11-14-8-10-27(12-14)15-5-3-2-4-6-15;/h2-6,13-14H,7-12H2,1H3,(H2,23,24,25);1H. The molecule has 1 aliphatic rings. The molecule has 3 rings (SSSR count). The number of hydrogen-bond acceptors (Lipinski definition) is 4. The van der Waals surface area contributed by atoms with Crippen LogP contribution in [0.4, 0.5) is 18.9 Å². The van der Waals surface area contributed by atoms with Crippen molar-refractivity contribution >= 4 is 47.0 Å². The summed E-state index contributed by atoms with van der Waals surface area (Å²) >= 11 is 1.03. The van der Waals surface area contributed by atoms with Crippen LogP contribution in [0.5, 0.6) is 0 Å². The lowest BCUT2D eigenvalue weighted by Crippen LogP contribution is -2.41. The average Bonchev–Trinajstić information content (AvgIpc) is 3.34. The Labute approximate surface area is 189 Å². The number of nitrogens with zero attached hydrogens (tertiary/aromatic N) is 3. The number of guanidine groups is 1. The van der Waals surface area contributed by atoms with Gasteiger partial charge in [0.15, 0.2) is 11.7 Å². The summed E-state index contributed by atoms with van der Waals surface area (Å²) in [5.41, 5.74) is 0.424. The van der Waals surface area contributed by atoms with Gasteiger partial charge in [-0.25, -0.2) is 4.98 Å². The first-order chi connectivity index (χ1) is 13.5. The molecule has 1 aliphatic heterocycles. The number of halogens is 4. The molecule has 1 aromatic heterocycles. The predicted molar refractivity (Wildman–Crippen MR) is 122 cm³/mol. The number of anilines is 1. The van der Waals surface area contributed by atoms with Gasteiger partial charge in [0.25, 0.3) is 0 Å². The van der Waals surface area contributed by atoms with Crippen LogP contribution in [0.1, 0.15) is 17.1 Å². The lowest BCUT2D eigenvalue weighted by molar-refractivity contribution is -0.140. The fraction of sp³-hybridized carbons (Fsp3) is 0.474. The van der Waals surface area contributed by atoms with Crippen LogP contribution >= 0.6 is 35.3 Å². The van der Waals surface area contributed by atoms with Crippen molar-refractivity contribution in [1.29, 1.82) is 0 Å². The Bertz CT molecular complexity index is 782. The van der Waals surface area contributed by atoms with Crippen LogP contribution in [-0.2, 0) is 12.6 Å². The first-order valence-corrected chi connectivity index (χ1v) is 10.1. The SMILES string of the molecule is CN=C(NCCc1nc(C(F)(F)F)cs1)NCC1CCN(c2ccccc2)C1.I. The first kappa shape index (κ1) is 23.7. The Morgan fingerprint density at radius 3 is 2.69 bits per heavy atom. The minimum absolute atomic E-state index is 0. The van der Waals surface area contributed by atoms with E-state index in [0.717, 1.165) is 42.8 Å². The maximum absolute atomic E-state index is 12.6. The summed E-state index contributed by atoms with van der Waals surface area (Å²) in [4.78, 5) is 10.2. The lowest BCUT2D eigenvalue weighted by atomic mass is 10.1. The number of para-hydroxylation sites is 1. The molecule has 2 N–H and O–H groups in total. The second-order valence-corrected chi connectivity index (χ2v) is 7.63. The summed E-state index contributed by atoms with van der Waals surface area (Å²) in [7, 11) is 1.69. The molecule has 1 atom stereocenters. The van der Waals surface area contributed by atoms with Crippen LogP contribution in [-0.4, -0.2) is 44.2 Å². The smallest absolute Gasteiger partial charge is 0.371 e. The van der Waals surface area contributed by atoms with Crippen LogP contribution in [0, 0.1) is 5.92 Å². The number of thiazole rings is 1. The van der Waals surface area contributed by atoms with Gasteiger partial charge < -0.3 is 15.5 Å². The molecular weight excluding hydrogens is 514 g/mol. The van der Waals surface area contributed by atoms with Crippen LogP contribution in [0.15, 0.2) is 40.7 Å². The van der Waals surface area contributed by atoms with E-state index in [9.17, 15) is 13.2 Å². The molecule has 0 amide bonds. The quantitative estimate of drug-likeness (QED) is 0.331. The number of benzene rings is 1. The van der Waals surface area contributed by atoms with Gasteiger partial charge in [-0.15, -0.1) is 35.3 Å².